The first kappa shape index (κ1) is 20.6. The summed E-state index contributed by atoms with van der Waals surface area (Å²) in [5.74, 6) is -4.19. The summed E-state index contributed by atoms with van der Waals surface area (Å²) >= 11 is 5.73. The summed E-state index contributed by atoms with van der Waals surface area (Å²) in [5.41, 5.74) is -0.236. The first-order valence-corrected chi connectivity index (χ1v) is 8.45. The van der Waals surface area contributed by atoms with Crippen LogP contribution in [-0.4, -0.2) is 37.2 Å². The third-order valence-electron chi connectivity index (χ3n) is 3.72. The predicted octanol–water partition coefficient (Wildman–Crippen LogP) is 2.68. The van der Waals surface area contributed by atoms with Crippen molar-refractivity contribution in [3.05, 3.63) is 45.6 Å². The number of carbonyl (C=O) groups is 3. The lowest BCUT2D eigenvalue weighted by Gasteiger charge is -2.28. The van der Waals surface area contributed by atoms with Crippen LogP contribution in [0.1, 0.15) is 30.6 Å². The Balaban J connectivity index is 2.26. The van der Waals surface area contributed by atoms with Crippen LogP contribution < -0.4 is 10.6 Å². The maximum atomic E-state index is 13.3. The van der Waals surface area contributed by atoms with E-state index < -0.39 is 42.3 Å². The molecule has 1 aromatic rings. The van der Waals surface area contributed by atoms with E-state index in [0.717, 1.165) is 0 Å². The van der Waals surface area contributed by atoms with Crippen LogP contribution in [0.3, 0.4) is 0 Å². The number of nitrogens with one attached hydrogen (secondary N) is 2. The monoisotopic (exact) mass is 402 g/mol. The van der Waals surface area contributed by atoms with E-state index in [1.165, 1.54) is 0 Å². The molecule has 1 atom stereocenters. The quantitative estimate of drug-likeness (QED) is 0.563. The number of hydrogen-bond acceptors (Lipinski definition) is 5. The molecule has 0 aromatic heterocycles. The van der Waals surface area contributed by atoms with E-state index >= 15 is 0 Å². The zero-order valence-electron chi connectivity index (χ0n) is 14.5. The van der Waals surface area contributed by atoms with Gasteiger partial charge in [0.1, 0.15) is 6.61 Å². The highest BCUT2D eigenvalue weighted by Crippen LogP contribution is 2.22. The number of rotatable bonds is 6. The number of hydrogen-bond donors (Lipinski definition) is 2. The molecular formula is C17H17ClF2N2O5. The van der Waals surface area contributed by atoms with E-state index in [1.54, 1.807) is 13.8 Å². The van der Waals surface area contributed by atoms with Crippen LogP contribution in [-0.2, 0) is 14.3 Å². The minimum atomic E-state index is -1.26. The Labute approximate surface area is 158 Å². The Bertz CT molecular complexity index is 813. The number of carbonyl (C=O) groups excluding carboxylic acids is 3. The van der Waals surface area contributed by atoms with Gasteiger partial charge in [-0.25, -0.2) is 23.2 Å². The lowest BCUT2D eigenvalue weighted by molar-refractivity contribution is -0.139. The summed E-state index contributed by atoms with van der Waals surface area (Å²) < 4.78 is 36.5. The van der Waals surface area contributed by atoms with Gasteiger partial charge in [-0.05, 0) is 25.5 Å². The highest BCUT2D eigenvalue weighted by Gasteiger charge is 2.32. The van der Waals surface area contributed by atoms with E-state index in [9.17, 15) is 23.2 Å². The molecular weight excluding hydrogens is 386 g/mol. The first-order valence-electron chi connectivity index (χ1n) is 8.07. The van der Waals surface area contributed by atoms with Crippen molar-refractivity contribution in [2.24, 2.45) is 0 Å². The second-order valence-electron chi connectivity index (χ2n) is 5.49. The van der Waals surface area contributed by atoms with E-state index in [0.29, 0.717) is 18.6 Å². The molecule has 1 aliphatic rings. The van der Waals surface area contributed by atoms with Crippen molar-refractivity contribution >= 4 is 29.6 Å². The molecule has 0 radical (unpaired) electrons. The maximum Gasteiger partial charge on any atom is 0.340 e. The molecule has 146 valence electrons. The smallest absolute Gasteiger partial charge is 0.340 e. The number of ether oxygens (including phenoxy) is 2. The van der Waals surface area contributed by atoms with Crippen molar-refractivity contribution < 1.29 is 32.6 Å². The van der Waals surface area contributed by atoms with Crippen LogP contribution in [0.2, 0.25) is 5.02 Å². The summed E-state index contributed by atoms with van der Waals surface area (Å²) in [6.45, 7) is 3.00. The van der Waals surface area contributed by atoms with Gasteiger partial charge < -0.3 is 20.1 Å². The molecule has 10 heteroatoms. The Morgan fingerprint density at radius 1 is 1.15 bits per heavy atom. The summed E-state index contributed by atoms with van der Waals surface area (Å²) in [5, 5.41) is 4.63. The number of halogens is 3. The summed E-state index contributed by atoms with van der Waals surface area (Å²) in [6, 6.07) is 0.0531. The van der Waals surface area contributed by atoms with Gasteiger partial charge >= 0.3 is 18.0 Å². The van der Waals surface area contributed by atoms with Crippen molar-refractivity contribution in [3.63, 3.8) is 0 Å². The van der Waals surface area contributed by atoms with Crippen molar-refractivity contribution in [2.45, 2.75) is 26.3 Å². The number of amides is 2. The second-order valence-corrected chi connectivity index (χ2v) is 5.90. The third-order valence-corrected chi connectivity index (χ3v) is 4.04. The average Bonchev–Trinajstić information content (AvgIpc) is 2.62. The molecule has 27 heavy (non-hydrogen) atoms. The molecule has 0 saturated heterocycles. The van der Waals surface area contributed by atoms with Crippen molar-refractivity contribution in [2.75, 3.05) is 13.2 Å². The van der Waals surface area contributed by atoms with E-state index in [4.69, 9.17) is 21.1 Å². The fourth-order valence-electron chi connectivity index (χ4n) is 2.47. The third kappa shape index (κ3) is 4.73. The van der Waals surface area contributed by atoms with Crippen LogP contribution in [0, 0.1) is 11.6 Å². The molecule has 0 unspecified atom stereocenters. The number of esters is 2. The molecule has 0 spiro atoms. The zero-order chi connectivity index (χ0) is 20.1. The van der Waals surface area contributed by atoms with Gasteiger partial charge in [-0.15, -0.1) is 0 Å². The van der Waals surface area contributed by atoms with Crippen LogP contribution in [0.5, 0.6) is 0 Å². The van der Waals surface area contributed by atoms with Gasteiger partial charge in [-0.1, -0.05) is 18.5 Å². The predicted molar refractivity (Wildman–Crippen MR) is 91.1 cm³/mol. The van der Waals surface area contributed by atoms with Gasteiger partial charge in [0.15, 0.2) is 11.6 Å². The van der Waals surface area contributed by atoms with Gasteiger partial charge in [0.2, 0.25) is 0 Å². The molecule has 0 saturated carbocycles. The van der Waals surface area contributed by atoms with Crippen LogP contribution >= 0.6 is 11.6 Å². The minimum Gasteiger partial charge on any atom is -0.463 e. The van der Waals surface area contributed by atoms with Gasteiger partial charge in [0.05, 0.1) is 34.5 Å². The highest BCUT2D eigenvalue weighted by molar-refractivity contribution is 6.33. The standard InChI is InChI=1S/C17H17ClF2N2O5/c1-3-12-14(16(24)26-4-2)13(22-17(25)21-12)7-27-15(23)8-5-10(19)11(20)6-9(8)18/h5-6,12H,3-4,7H2,1-2H3,(H2,21,22,25)/t12-/m0/s1. The highest BCUT2D eigenvalue weighted by atomic mass is 35.5. The van der Waals surface area contributed by atoms with Crippen molar-refractivity contribution in [1.82, 2.24) is 10.6 Å². The largest absolute Gasteiger partial charge is 0.463 e. The van der Waals surface area contributed by atoms with Crippen LogP contribution in [0.15, 0.2) is 23.4 Å². The Kier molecular flexibility index (Phi) is 6.73. The normalized spacial score (nSPS) is 16.5. The van der Waals surface area contributed by atoms with E-state index in [2.05, 4.69) is 10.6 Å². The SMILES string of the molecule is CCOC(=O)C1=C(COC(=O)c2cc(F)c(F)cc2Cl)NC(=O)N[C@H]1CC. The molecule has 0 aliphatic carbocycles. The maximum absolute atomic E-state index is 13.3. The molecule has 1 aromatic carbocycles. The first-order chi connectivity index (χ1) is 12.8. The Hall–Kier alpha value is -2.68. The average molecular weight is 403 g/mol. The minimum absolute atomic E-state index is 0.0381. The lowest BCUT2D eigenvalue weighted by atomic mass is 10.0. The molecule has 2 rings (SSSR count). The van der Waals surface area contributed by atoms with Gasteiger partial charge in [-0.3, -0.25) is 0 Å². The molecule has 0 bridgehead atoms. The molecule has 2 N–H and O–H groups in total. The fourth-order valence-corrected chi connectivity index (χ4v) is 2.70. The van der Waals surface area contributed by atoms with Crippen LogP contribution in [0.4, 0.5) is 13.6 Å². The summed E-state index contributed by atoms with van der Waals surface area (Å²) in [4.78, 5) is 36.1. The Morgan fingerprint density at radius 2 is 1.81 bits per heavy atom. The van der Waals surface area contributed by atoms with Crippen LogP contribution in [0.25, 0.3) is 0 Å². The molecule has 1 aliphatic heterocycles. The Morgan fingerprint density at radius 3 is 2.44 bits per heavy atom. The number of benzene rings is 1. The topological polar surface area (TPSA) is 93.7 Å². The summed E-state index contributed by atoms with van der Waals surface area (Å²) in [7, 11) is 0. The van der Waals surface area contributed by atoms with Gasteiger partial charge in [0, 0.05) is 0 Å². The summed E-state index contributed by atoms with van der Waals surface area (Å²) in [6.07, 6.45) is 0.397. The molecule has 1 heterocycles. The van der Waals surface area contributed by atoms with E-state index in [1.807, 2.05) is 0 Å². The van der Waals surface area contributed by atoms with E-state index in [-0.39, 0.29) is 28.5 Å². The van der Waals surface area contributed by atoms with Crippen molar-refractivity contribution in [3.8, 4) is 0 Å². The lowest BCUT2D eigenvalue weighted by Crippen LogP contribution is -2.51. The van der Waals surface area contributed by atoms with Crippen molar-refractivity contribution in [1.29, 1.82) is 0 Å². The second kappa shape index (κ2) is 8.81. The van der Waals surface area contributed by atoms with Gasteiger partial charge in [-0.2, -0.15) is 0 Å². The molecule has 7 nitrogen and oxygen atoms in total. The molecule has 0 fully saturated rings. The zero-order valence-corrected chi connectivity index (χ0v) is 15.3. The number of urea groups is 1. The van der Waals surface area contributed by atoms with Gasteiger partial charge in [0.25, 0.3) is 0 Å². The molecule has 2 amide bonds. The fraction of sp³-hybridized carbons (Fsp3) is 0.353.